The second-order valence-electron chi connectivity index (χ2n) is 4.14. The maximum atomic E-state index is 11.1. The number of aliphatic hydroxyl groups is 1. The van der Waals surface area contributed by atoms with Crippen LogP contribution in [0.3, 0.4) is 0 Å². The predicted molar refractivity (Wildman–Crippen MR) is 68.2 cm³/mol. The number of carbonyl (C=O) groups is 1. The van der Waals surface area contributed by atoms with Gasteiger partial charge in [-0.2, -0.15) is 0 Å². The molecule has 0 saturated carbocycles. The monoisotopic (exact) mass is 257 g/mol. The van der Waals surface area contributed by atoms with E-state index < -0.39 is 18.1 Å². The van der Waals surface area contributed by atoms with E-state index in [1.54, 1.807) is 0 Å². The third-order valence-corrected chi connectivity index (χ3v) is 3.86. The minimum atomic E-state index is -0.863. The van der Waals surface area contributed by atoms with Gasteiger partial charge in [-0.25, -0.2) is 0 Å². The molecule has 3 N–H and O–H groups in total. The number of carboxylic acid groups (broad SMARTS) is 1. The van der Waals surface area contributed by atoms with E-state index >= 15 is 0 Å². The average Bonchev–Trinajstić information content (AvgIpc) is 2.81. The quantitative estimate of drug-likeness (QED) is 0.697. The zero-order chi connectivity index (χ0) is 12.8. The lowest BCUT2D eigenvalue weighted by Gasteiger charge is -2.21. The van der Waals surface area contributed by atoms with E-state index in [1.165, 1.54) is 11.3 Å². The molecule has 3 atom stereocenters. The highest BCUT2D eigenvalue weighted by Gasteiger charge is 2.23. The van der Waals surface area contributed by atoms with Crippen molar-refractivity contribution in [3.8, 4) is 0 Å². The SMILES string of the molecule is CCC(C)C(NCC(O)c1cccs1)C(=O)O. The van der Waals surface area contributed by atoms with E-state index in [2.05, 4.69) is 5.32 Å². The van der Waals surface area contributed by atoms with Crippen molar-refractivity contribution < 1.29 is 15.0 Å². The molecule has 17 heavy (non-hydrogen) atoms. The van der Waals surface area contributed by atoms with Crippen LogP contribution in [0.1, 0.15) is 31.2 Å². The van der Waals surface area contributed by atoms with Gasteiger partial charge in [-0.1, -0.05) is 26.3 Å². The minimum absolute atomic E-state index is 0.0445. The predicted octanol–water partition coefficient (Wildman–Crippen LogP) is 1.87. The van der Waals surface area contributed by atoms with Crippen LogP contribution in [0.25, 0.3) is 0 Å². The molecule has 3 unspecified atom stereocenters. The first kappa shape index (κ1) is 14.2. The van der Waals surface area contributed by atoms with E-state index in [0.717, 1.165) is 11.3 Å². The zero-order valence-electron chi connectivity index (χ0n) is 10.1. The maximum absolute atomic E-state index is 11.1. The number of hydrogen-bond acceptors (Lipinski definition) is 4. The summed E-state index contributed by atoms with van der Waals surface area (Å²) >= 11 is 1.47. The highest BCUT2D eigenvalue weighted by Crippen LogP contribution is 2.18. The van der Waals surface area contributed by atoms with Crippen LogP contribution in [-0.4, -0.2) is 28.8 Å². The Labute approximate surface area is 105 Å². The number of aliphatic carboxylic acids is 1. The topological polar surface area (TPSA) is 69.6 Å². The fourth-order valence-corrected chi connectivity index (χ4v) is 2.30. The molecule has 5 heteroatoms. The van der Waals surface area contributed by atoms with Gasteiger partial charge in [0, 0.05) is 11.4 Å². The van der Waals surface area contributed by atoms with Gasteiger partial charge in [0.1, 0.15) is 12.1 Å². The first-order valence-electron chi connectivity index (χ1n) is 5.73. The zero-order valence-corrected chi connectivity index (χ0v) is 10.9. The van der Waals surface area contributed by atoms with Crippen LogP contribution < -0.4 is 5.32 Å². The summed E-state index contributed by atoms with van der Waals surface area (Å²) in [5, 5.41) is 23.7. The molecule has 0 amide bonds. The Morgan fingerprint density at radius 3 is 2.76 bits per heavy atom. The smallest absolute Gasteiger partial charge is 0.320 e. The third-order valence-electron chi connectivity index (χ3n) is 2.88. The Kier molecular flexibility index (Phi) is 5.61. The van der Waals surface area contributed by atoms with Crippen LogP contribution in [0, 0.1) is 5.92 Å². The van der Waals surface area contributed by atoms with Gasteiger partial charge in [-0.15, -0.1) is 11.3 Å². The standard InChI is InChI=1S/C12H19NO3S/c1-3-8(2)11(12(15)16)13-7-9(14)10-5-4-6-17-10/h4-6,8-9,11,13-14H,3,7H2,1-2H3,(H,15,16). The van der Waals surface area contributed by atoms with Crippen molar-refractivity contribution in [3.05, 3.63) is 22.4 Å². The molecule has 0 spiro atoms. The molecular weight excluding hydrogens is 238 g/mol. The Balaban J connectivity index is 2.49. The summed E-state index contributed by atoms with van der Waals surface area (Å²) < 4.78 is 0. The van der Waals surface area contributed by atoms with Gasteiger partial charge in [-0.3, -0.25) is 4.79 Å². The lowest BCUT2D eigenvalue weighted by Crippen LogP contribution is -2.43. The molecule has 0 saturated heterocycles. The number of hydrogen-bond donors (Lipinski definition) is 3. The summed E-state index contributed by atoms with van der Waals surface area (Å²) in [5.41, 5.74) is 0. The lowest BCUT2D eigenvalue weighted by molar-refractivity contribution is -0.141. The van der Waals surface area contributed by atoms with Crippen molar-refractivity contribution in [2.45, 2.75) is 32.4 Å². The van der Waals surface area contributed by atoms with E-state index in [4.69, 9.17) is 5.11 Å². The van der Waals surface area contributed by atoms with Gasteiger partial charge in [0.15, 0.2) is 0 Å². The molecule has 0 aromatic carbocycles. The molecule has 0 aliphatic carbocycles. The van der Waals surface area contributed by atoms with Crippen molar-refractivity contribution in [1.29, 1.82) is 0 Å². The summed E-state index contributed by atoms with van der Waals surface area (Å²) in [6.07, 6.45) is 0.153. The van der Waals surface area contributed by atoms with Gasteiger partial charge < -0.3 is 15.5 Å². The third kappa shape index (κ3) is 4.11. The molecule has 0 fully saturated rings. The molecule has 1 rings (SSSR count). The fourth-order valence-electron chi connectivity index (χ4n) is 1.59. The molecular formula is C12H19NO3S. The Hall–Kier alpha value is -0.910. The van der Waals surface area contributed by atoms with Crippen molar-refractivity contribution >= 4 is 17.3 Å². The molecule has 1 aromatic heterocycles. The number of rotatable bonds is 7. The molecule has 1 aromatic rings. The molecule has 96 valence electrons. The lowest BCUT2D eigenvalue weighted by atomic mass is 9.99. The number of nitrogens with one attached hydrogen (secondary N) is 1. The molecule has 0 aliphatic rings. The van der Waals surface area contributed by atoms with Crippen molar-refractivity contribution in [2.75, 3.05) is 6.54 Å². The Morgan fingerprint density at radius 1 is 1.59 bits per heavy atom. The number of aliphatic hydroxyl groups excluding tert-OH is 1. The highest BCUT2D eigenvalue weighted by molar-refractivity contribution is 7.10. The maximum Gasteiger partial charge on any atom is 0.320 e. The molecule has 1 heterocycles. The van der Waals surface area contributed by atoms with E-state index in [-0.39, 0.29) is 12.5 Å². The summed E-state index contributed by atoms with van der Waals surface area (Å²) in [7, 11) is 0. The van der Waals surface area contributed by atoms with Crippen LogP contribution >= 0.6 is 11.3 Å². The van der Waals surface area contributed by atoms with E-state index in [9.17, 15) is 9.90 Å². The highest BCUT2D eigenvalue weighted by atomic mass is 32.1. The summed E-state index contributed by atoms with van der Waals surface area (Å²) in [6.45, 7) is 4.11. The van der Waals surface area contributed by atoms with Crippen LogP contribution in [-0.2, 0) is 4.79 Å². The largest absolute Gasteiger partial charge is 0.480 e. The van der Waals surface area contributed by atoms with Crippen LogP contribution in [0.15, 0.2) is 17.5 Å². The Morgan fingerprint density at radius 2 is 2.29 bits per heavy atom. The first-order chi connectivity index (χ1) is 8.06. The van der Waals surface area contributed by atoms with Crippen molar-refractivity contribution in [3.63, 3.8) is 0 Å². The van der Waals surface area contributed by atoms with Gasteiger partial charge in [-0.05, 0) is 17.4 Å². The molecule has 0 bridgehead atoms. The second kappa shape index (κ2) is 6.74. The normalized spacial score (nSPS) is 16.4. The molecule has 4 nitrogen and oxygen atoms in total. The van der Waals surface area contributed by atoms with Gasteiger partial charge in [0.2, 0.25) is 0 Å². The fraction of sp³-hybridized carbons (Fsp3) is 0.583. The van der Waals surface area contributed by atoms with Crippen molar-refractivity contribution in [2.24, 2.45) is 5.92 Å². The van der Waals surface area contributed by atoms with E-state index in [0.29, 0.717) is 0 Å². The minimum Gasteiger partial charge on any atom is -0.480 e. The van der Waals surface area contributed by atoms with E-state index in [1.807, 2.05) is 31.4 Å². The summed E-state index contributed by atoms with van der Waals surface area (Å²) in [6, 6.07) is 3.11. The number of carboxylic acids is 1. The summed E-state index contributed by atoms with van der Waals surface area (Å²) in [5.74, 6) is -0.819. The molecule has 0 radical (unpaired) electrons. The summed E-state index contributed by atoms with van der Waals surface area (Å²) in [4.78, 5) is 11.9. The van der Waals surface area contributed by atoms with Crippen LogP contribution in [0.5, 0.6) is 0 Å². The van der Waals surface area contributed by atoms with Gasteiger partial charge >= 0.3 is 5.97 Å². The number of thiophene rings is 1. The van der Waals surface area contributed by atoms with Gasteiger partial charge in [0.05, 0.1) is 0 Å². The van der Waals surface area contributed by atoms with Crippen molar-refractivity contribution in [1.82, 2.24) is 5.32 Å². The second-order valence-corrected chi connectivity index (χ2v) is 5.12. The van der Waals surface area contributed by atoms with Crippen LogP contribution in [0.2, 0.25) is 0 Å². The van der Waals surface area contributed by atoms with Crippen LogP contribution in [0.4, 0.5) is 0 Å². The molecule has 0 aliphatic heterocycles. The first-order valence-corrected chi connectivity index (χ1v) is 6.61. The Bertz CT molecular complexity index is 340. The average molecular weight is 257 g/mol. The van der Waals surface area contributed by atoms with Gasteiger partial charge in [0.25, 0.3) is 0 Å².